The second kappa shape index (κ2) is 4.63. The Kier molecular flexibility index (Phi) is 2.82. The van der Waals surface area contributed by atoms with Crippen molar-refractivity contribution in [3.05, 3.63) is 76.4 Å². The van der Waals surface area contributed by atoms with Crippen LogP contribution in [0.2, 0.25) is 0 Å². The van der Waals surface area contributed by atoms with Crippen molar-refractivity contribution in [2.24, 2.45) is 0 Å². The summed E-state index contributed by atoms with van der Waals surface area (Å²) in [5, 5.41) is 2.02. The summed E-state index contributed by atoms with van der Waals surface area (Å²) in [5.41, 5.74) is 1.82. The van der Waals surface area contributed by atoms with E-state index in [9.17, 15) is 4.79 Å². The van der Waals surface area contributed by atoms with E-state index in [1.807, 2.05) is 53.9 Å². The zero-order valence-corrected chi connectivity index (χ0v) is 10.4. The van der Waals surface area contributed by atoms with Crippen LogP contribution in [0.3, 0.4) is 0 Å². The lowest BCUT2D eigenvalue weighted by Crippen LogP contribution is -2.18. The number of para-hydroxylation sites is 1. The number of rotatable bonds is 2. The van der Waals surface area contributed by atoms with Crippen LogP contribution >= 0.6 is 11.3 Å². The highest BCUT2D eigenvalue weighted by molar-refractivity contribution is 7.13. The van der Waals surface area contributed by atoms with E-state index in [2.05, 4.69) is 0 Å². The normalized spacial score (nSPS) is 10.4. The topological polar surface area (TPSA) is 22.0 Å². The molecule has 0 atom stereocenters. The minimum absolute atomic E-state index is 0.00731. The Morgan fingerprint density at radius 3 is 2.39 bits per heavy atom. The number of thiophene rings is 1. The molecule has 3 aromatic rings. The number of hydrogen-bond acceptors (Lipinski definition) is 2. The van der Waals surface area contributed by atoms with Crippen molar-refractivity contribution in [2.45, 2.75) is 0 Å². The molecular weight excluding hydrogens is 242 g/mol. The number of hydrogen-bond donors (Lipinski definition) is 0. The number of aromatic nitrogens is 1. The molecule has 1 aromatic carbocycles. The van der Waals surface area contributed by atoms with Gasteiger partial charge in [0.25, 0.3) is 5.56 Å². The maximum atomic E-state index is 12.1. The van der Waals surface area contributed by atoms with Crippen molar-refractivity contribution in [1.29, 1.82) is 0 Å². The zero-order valence-electron chi connectivity index (χ0n) is 9.61. The molecule has 18 heavy (non-hydrogen) atoms. The molecular formula is C15H11NOS. The van der Waals surface area contributed by atoms with E-state index >= 15 is 0 Å². The van der Waals surface area contributed by atoms with Gasteiger partial charge in [0, 0.05) is 11.8 Å². The fourth-order valence-electron chi connectivity index (χ4n) is 1.95. The summed E-state index contributed by atoms with van der Waals surface area (Å²) >= 11 is 1.63. The Morgan fingerprint density at radius 2 is 1.67 bits per heavy atom. The van der Waals surface area contributed by atoms with Gasteiger partial charge >= 0.3 is 0 Å². The number of nitrogens with zero attached hydrogens (tertiary/aromatic N) is 1. The van der Waals surface area contributed by atoms with Gasteiger partial charge in [0.1, 0.15) is 0 Å². The molecule has 2 heterocycles. The Balaban J connectivity index is 2.29. The Labute approximate surface area is 109 Å². The molecule has 3 rings (SSSR count). The van der Waals surface area contributed by atoms with E-state index in [1.54, 1.807) is 28.0 Å². The van der Waals surface area contributed by atoms with E-state index in [0.29, 0.717) is 0 Å². The molecule has 2 aromatic heterocycles. The second-order valence-electron chi connectivity index (χ2n) is 3.90. The Bertz CT molecular complexity index is 699. The van der Waals surface area contributed by atoms with E-state index in [0.717, 1.165) is 16.3 Å². The van der Waals surface area contributed by atoms with Crippen molar-refractivity contribution < 1.29 is 0 Å². The van der Waals surface area contributed by atoms with Gasteiger partial charge in [-0.15, -0.1) is 11.3 Å². The molecule has 0 N–H and O–H groups in total. The van der Waals surface area contributed by atoms with Gasteiger partial charge in [-0.25, -0.2) is 0 Å². The predicted octanol–water partition coefficient (Wildman–Crippen LogP) is 3.57. The van der Waals surface area contributed by atoms with Crippen LogP contribution in [0.25, 0.3) is 16.3 Å². The third-order valence-corrected chi connectivity index (χ3v) is 3.63. The molecule has 2 nitrogen and oxygen atoms in total. The molecule has 0 saturated carbocycles. The van der Waals surface area contributed by atoms with Crippen molar-refractivity contribution >= 4 is 11.3 Å². The molecule has 0 aliphatic rings. The minimum Gasteiger partial charge on any atom is -0.276 e. The molecule has 0 unspecified atom stereocenters. The summed E-state index contributed by atoms with van der Waals surface area (Å²) in [5.74, 6) is 0. The SMILES string of the molecule is O=c1cccc(-c2cccs2)n1-c1ccccc1. The monoisotopic (exact) mass is 253 g/mol. The summed E-state index contributed by atoms with van der Waals surface area (Å²) < 4.78 is 1.74. The average molecular weight is 253 g/mol. The fraction of sp³-hybridized carbons (Fsp3) is 0. The van der Waals surface area contributed by atoms with Crippen LogP contribution in [0.1, 0.15) is 0 Å². The largest absolute Gasteiger partial charge is 0.276 e. The van der Waals surface area contributed by atoms with Gasteiger partial charge in [0.15, 0.2) is 0 Å². The number of benzene rings is 1. The lowest BCUT2D eigenvalue weighted by atomic mass is 10.2. The highest BCUT2D eigenvalue weighted by Crippen LogP contribution is 2.25. The third-order valence-electron chi connectivity index (χ3n) is 2.74. The van der Waals surface area contributed by atoms with Crippen LogP contribution in [-0.4, -0.2) is 4.57 Å². The second-order valence-corrected chi connectivity index (χ2v) is 4.85. The fourth-order valence-corrected chi connectivity index (χ4v) is 2.69. The molecule has 0 aliphatic carbocycles. The summed E-state index contributed by atoms with van der Waals surface area (Å²) in [6.45, 7) is 0. The van der Waals surface area contributed by atoms with E-state index < -0.39 is 0 Å². The van der Waals surface area contributed by atoms with Crippen LogP contribution in [0.15, 0.2) is 70.8 Å². The molecule has 0 saturated heterocycles. The van der Waals surface area contributed by atoms with Crippen LogP contribution in [-0.2, 0) is 0 Å². The maximum Gasteiger partial charge on any atom is 0.255 e. The average Bonchev–Trinajstić information content (AvgIpc) is 2.93. The Morgan fingerprint density at radius 1 is 0.833 bits per heavy atom. The molecule has 0 bridgehead atoms. The third kappa shape index (κ3) is 1.89. The quantitative estimate of drug-likeness (QED) is 0.684. The van der Waals surface area contributed by atoms with Crippen molar-refractivity contribution in [1.82, 2.24) is 4.57 Å². The van der Waals surface area contributed by atoms with E-state index in [-0.39, 0.29) is 5.56 Å². The summed E-state index contributed by atoms with van der Waals surface area (Å²) in [4.78, 5) is 13.2. The van der Waals surface area contributed by atoms with E-state index in [4.69, 9.17) is 0 Å². The lowest BCUT2D eigenvalue weighted by molar-refractivity contribution is 1.00. The van der Waals surface area contributed by atoms with Crippen molar-refractivity contribution in [3.8, 4) is 16.3 Å². The number of pyridine rings is 1. The molecule has 0 spiro atoms. The molecule has 0 amide bonds. The van der Waals surface area contributed by atoms with Gasteiger partial charge in [0.05, 0.1) is 10.6 Å². The van der Waals surface area contributed by atoms with Gasteiger partial charge in [-0.2, -0.15) is 0 Å². The Hall–Kier alpha value is -2.13. The van der Waals surface area contributed by atoms with Gasteiger partial charge in [-0.1, -0.05) is 30.3 Å². The first-order valence-electron chi connectivity index (χ1n) is 5.67. The van der Waals surface area contributed by atoms with Crippen LogP contribution < -0.4 is 5.56 Å². The van der Waals surface area contributed by atoms with Gasteiger partial charge in [-0.05, 0) is 29.6 Å². The summed E-state index contributed by atoms with van der Waals surface area (Å²) in [7, 11) is 0. The standard InChI is InChI=1S/C15H11NOS/c17-15-10-4-8-13(14-9-5-11-18-14)16(15)12-6-2-1-3-7-12/h1-11H. The molecule has 3 heteroatoms. The molecule has 88 valence electrons. The summed E-state index contributed by atoms with van der Waals surface area (Å²) in [6.07, 6.45) is 0. The van der Waals surface area contributed by atoms with Gasteiger partial charge in [0.2, 0.25) is 0 Å². The predicted molar refractivity (Wildman–Crippen MR) is 75.4 cm³/mol. The van der Waals surface area contributed by atoms with Crippen LogP contribution in [0, 0.1) is 0 Å². The van der Waals surface area contributed by atoms with Crippen LogP contribution in [0.4, 0.5) is 0 Å². The molecule has 0 radical (unpaired) electrons. The first-order valence-corrected chi connectivity index (χ1v) is 6.55. The maximum absolute atomic E-state index is 12.1. The highest BCUT2D eigenvalue weighted by Gasteiger charge is 2.08. The van der Waals surface area contributed by atoms with Crippen LogP contribution in [0.5, 0.6) is 0 Å². The van der Waals surface area contributed by atoms with E-state index in [1.165, 1.54) is 0 Å². The zero-order chi connectivity index (χ0) is 12.4. The first kappa shape index (κ1) is 11.0. The van der Waals surface area contributed by atoms with Gasteiger partial charge < -0.3 is 0 Å². The summed E-state index contributed by atoms with van der Waals surface area (Å²) in [6, 6.07) is 19.1. The smallest absolute Gasteiger partial charge is 0.255 e. The first-order chi connectivity index (χ1) is 8.86. The molecule has 0 aliphatic heterocycles. The van der Waals surface area contributed by atoms with Gasteiger partial charge in [-0.3, -0.25) is 9.36 Å². The molecule has 0 fully saturated rings. The van der Waals surface area contributed by atoms with Crippen molar-refractivity contribution in [2.75, 3.05) is 0 Å². The highest BCUT2D eigenvalue weighted by atomic mass is 32.1. The minimum atomic E-state index is -0.00731. The van der Waals surface area contributed by atoms with Crippen molar-refractivity contribution in [3.63, 3.8) is 0 Å². The lowest BCUT2D eigenvalue weighted by Gasteiger charge is -2.11.